The van der Waals surface area contributed by atoms with E-state index in [2.05, 4.69) is 12.2 Å². The zero-order valence-corrected chi connectivity index (χ0v) is 23.7. The molecule has 0 radical (unpaired) electrons. The quantitative estimate of drug-likeness (QED) is 0.288. The second kappa shape index (κ2) is 13.5. The molecule has 0 saturated carbocycles. The van der Waals surface area contributed by atoms with E-state index in [1.165, 1.54) is 14.0 Å². The summed E-state index contributed by atoms with van der Waals surface area (Å²) in [6.45, 7) is 13.3. The largest absolute Gasteiger partial charge is 0.458 e. The van der Waals surface area contributed by atoms with Crippen molar-refractivity contribution in [1.82, 2.24) is 5.32 Å². The third kappa shape index (κ3) is 7.29. The van der Waals surface area contributed by atoms with Gasteiger partial charge in [-0.05, 0) is 53.0 Å². The Bertz CT molecular complexity index is 792. The highest BCUT2D eigenvalue weighted by Crippen LogP contribution is 2.41. The fraction of sp³-hybridized carbons (Fsp3) is 0.889. The van der Waals surface area contributed by atoms with E-state index < -0.39 is 41.2 Å². The van der Waals surface area contributed by atoms with Gasteiger partial charge in [0.15, 0.2) is 11.4 Å². The topological polar surface area (TPSA) is 130 Å². The van der Waals surface area contributed by atoms with Crippen molar-refractivity contribution in [3.05, 3.63) is 0 Å². The molecule has 0 aromatic heterocycles. The van der Waals surface area contributed by atoms with Gasteiger partial charge < -0.3 is 34.1 Å². The van der Waals surface area contributed by atoms with Gasteiger partial charge in [-0.2, -0.15) is 0 Å². The predicted molar refractivity (Wildman–Crippen MR) is 136 cm³/mol. The molecule has 2 aliphatic rings. The summed E-state index contributed by atoms with van der Waals surface area (Å²) < 4.78 is 29.0. The molecular formula is C27H47NO9. The summed E-state index contributed by atoms with van der Waals surface area (Å²) in [6, 6.07) is -0.111. The van der Waals surface area contributed by atoms with Crippen LogP contribution in [0, 0.1) is 23.7 Å². The van der Waals surface area contributed by atoms with Gasteiger partial charge >= 0.3 is 11.9 Å². The molecule has 0 bridgehead atoms. The Labute approximate surface area is 221 Å². The lowest BCUT2D eigenvalue weighted by Gasteiger charge is -2.42. The van der Waals surface area contributed by atoms with Crippen LogP contribution < -0.4 is 5.32 Å². The van der Waals surface area contributed by atoms with Gasteiger partial charge in [0, 0.05) is 25.0 Å². The van der Waals surface area contributed by atoms with Crippen LogP contribution in [-0.2, 0) is 38.1 Å². The molecule has 0 unspecified atom stereocenters. The van der Waals surface area contributed by atoms with Crippen molar-refractivity contribution in [1.29, 1.82) is 0 Å². The first kappa shape index (κ1) is 31.6. The molecule has 214 valence electrons. The minimum absolute atomic E-state index is 0.0633. The van der Waals surface area contributed by atoms with E-state index in [-0.39, 0.29) is 56.1 Å². The lowest BCUT2D eigenvalue weighted by Crippen LogP contribution is -2.53. The Morgan fingerprint density at radius 3 is 2.41 bits per heavy atom. The number of cyclic esters (lactones) is 1. The second-order valence-corrected chi connectivity index (χ2v) is 11.1. The molecular weight excluding hydrogens is 482 g/mol. The molecule has 10 nitrogen and oxygen atoms in total. The van der Waals surface area contributed by atoms with Gasteiger partial charge in [0.25, 0.3) is 0 Å². The molecule has 0 aromatic carbocycles. The summed E-state index contributed by atoms with van der Waals surface area (Å²) in [5, 5.41) is 13.0. The SMILES string of the molecule is CC[C@H]1OC(=O)[C@H](C)C(=O)[C@H](C)[C@@H](OCOC)[C@](C)(OCCO)C[C@@H](C)CN[C@H](C)[C@H]2CC(=O)O[C@@]21C. The fourth-order valence-corrected chi connectivity index (χ4v) is 6.05. The van der Waals surface area contributed by atoms with E-state index in [4.69, 9.17) is 23.7 Å². The first-order valence-electron chi connectivity index (χ1n) is 13.4. The predicted octanol–water partition coefficient (Wildman–Crippen LogP) is 2.25. The van der Waals surface area contributed by atoms with Gasteiger partial charge in [-0.25, -0.2) is 0 Å². The highest BCUT2D eigenvalue weighted by molar-refractivity contribution is 6.00. The summed E-state index contributed by atoms with van der Waals surface area (Å²) in [6.07, 6.45) is -0.299. The Morgan fingerprint density at radius 1 is 1.14 bits per heavy atom. The Balaban J connectivity index is 2.52. The minimum atomic E-state index is -1.07. The molecule has 10 heteroatoms. The lowest BCUT2D eigenvalue weighted by atomic mass is 9.78. The number of hydrogen-bond donors (Lipinski definition) is 2. The Morgan fingerprint density at radius 2 is 1.81 bits per heavy atom. The normalized spacial score (nSPS) is 40.4. The van der Waals surface area contributed by atoms with Crippen molar-refractivity contribution in [2.45, 2.75) is 97.2 Å². The molecule has 0 amide bonds. The van der Waals surface area contributed by atoms with Gasteiger partial charge in [-0.15, -0.1) is 0 Å². The molecule has 2 saturated heterocycles. The van der Waals surface area contributed by atoms with Gasteiger partial charge in [0.2, 0.25) is 0 Å². The number of fused-ring (bicyclic) bond motifs is 1. The molecule has 0 spiro atoms. The smallest absolute Gasteiger partial charge is 0.316 e. The van der Waals surface area contributed by atoms with Crippen LogP contribution in [0.4, 0.5) is 0 Å². The number of ether oxygens (including phenoxy) is 5. The zero-order valence-electron chi connectivity index (χ0n) is 23.7. The minimum Gasteiger partial charge on any atom is -0.458 e. The molecule has 37 heavy (non-hydrogen) atoms. The third-order valence-corrected chi connectivity index (χ3v) is 8.04. The summed E-state index contributed by atoms with van der Waals surface area (Å²) in [5.41, 5.74) is -1.98. The number of esters is 2. The number of aliphatic hydroxyl groups excluding tert-OH is 1. The van der Waals surface area contributed by atoms with Crippen LogP contribution in [0.3, 0.4) is 0 Å². The lowest BCUT2D eigenvalue weighted by molar-refractivity contribution is -0.199. The molecule has 9 atom stereocenters. The van der Waals surface area contributed by atoms with Gasteiger partial charge in [-0.1, -0.05) is 20.8 Å². The van der Waals surface area contributed by atoms with Crippen molar-refractivity contribution in [3.8, 4) is 0 Å². The third-order valence-electron chi connectivity index (χ3n) is 8.04. The van der Waals surface area contributed by atoms with Crippen LogP contribution in [-0.4, -0.2) is 85.9 Å². The number of methoxy groups -OCH3 is 1. The van der Waals surface area contributed by atoms with Crippen molar-refractivity contribution in [2.24, 2.45) is 23.7 Å². The Kier molecular flexibility index (Phi) is 11.5. The monoisotopic (exact) mass is 529 g/mol. The maximum absolute atomic E-state index is 13.6. The standard InChI is InChI=1S/C27H47NO9/c1-9-21-27(7)20(12-22(30)37-27)19(5)28-14-16(2)13-26(6,35-11-10-29)24(34-15-33-8)17(3)23(31)18(4)25(32)36-21/h16-21,24,28-29H,9-15H2,1-8H3/t16-,17+,18-,19-,20-,21-,24-,26-,27+/m1/s1. The van der Waals surface area contributed by atoms with Crippen LogP contribution in [0.2, 0.25) is 0 Å². The fourth-order valence-electron chi connectivity index (χ4n) is 6.05. The number of aliphatic hydroxyl groups is 1. The highest BCUT2D eigenvalue weighted by Gasteiger charge is 2.54. The molecule has 2 fully saturated rings. The van der Waals surface area contributed by atoms with Gasteiger partial charge in [0.1, 0.15) is 18.8 Å². The number of hydrogen-bond acceptors (Lipinski definition) is 10. The van der Waals surface area contributed by atoms with Gasteiger partial charge in [-0.3, -0.25) is 14.4 Å². The molecule has 2 rings (SSSR count). The number of carbonyl (C=O) groups is 3. The summed E-state index contributed by atoms with van der Waals surface area (Å²) in [5.74, 6) is -3.30. The van der Waals surface area contributed by atoms with E-state index in [0.29, 0.717) is 19.4 Å². The number of rotatable bonds is 7. The number of ketones is 1. The average molecular weight is 530 g/mol. The number of carbonyl (C=O) groups excluding carboxylic acids is 3. The Hall–Kier alpha value is -1.59. The summed E-state index contributed by atoms with van der Waals surface area (Å²) >= 11 is 0. The van der Waals surface area contributed by atoms with Crippen LogP contribution >= 0.6 is 0 Å². The van der Waals surface area contributed by atoms with E-state index >= 15 is 0 Å². The maximum atomic E-state index is 13.6. The van der Waals surface area contributed by atoms with Crippen LogP contribution in [0.15, 0.2) is 0 Å². The summed E-state index contributed by atoms with van der Waals surface area (Å²) in [7, 11) is 1.49. The number of nitrogens with one attached hydrogen (secondary N) is 1. The van der Waals surface area contributed by atoms with E-state index in [0.717, 1.165) is 0 Å². The highest BCUT2D eigenvalue weighted by atomic mass is 16.7. The average Bonchev–Trinajstić information content (AvgIpc) is 3.17. The van der Waals surface area contributed by atoms with Crippen molar-refractivity contribution in [3.63, 3.8) is 0 Å². The second-order valence-electron chi connectivity index (χ2n) is 11.1. The van der Waals surface area contributed by atoms with Crippen LogP contribution in [0.1, 0.15) is 67.7 Å². The first-order chi connectivity index (χ1) is 17.3. The van der Waals surface area contributed by atoms with Gasteiger partial charge in [0.05, 0.1) is 31.3 Å². The van der Waals surface area contributed by atoms with E-state index in [1.807, 2.05) is 27.7 Å². The number of Topliss-reactive ketones (excluding diaryl/α,β-unsaturated/α-hetero) is 1. The van der Waals surface area contributed by atoms with E-state index in [1.54, 1.807) is 6.92 Å². The maximum Gasteiger partial charge on any atom is 0.316 e. The van der Waals surface area contributed by atoms with Crippen molar-refractivity contribution >= 4 is 17.7 Å². The van der Waals surface area contributed by atoms with Crippen molar-refractivity contribution in [2.75, 3.05) is 33.7 Å². The summed E-state index contributed by atoms with van der Waals surface area (Å²) in [4.78, 5) is 39.3. The van der Waals surface area contributed by atoms with Crippen molar-refractivity contribution < 1.29 is 43.2 Å². The van der Waals surface area contributed by atoms with Crippen LogP contribution in [0.5, 0.6) is 0 Å². The molecule has 2 N–H and O–H groups in total. The zero-order chi connectivity index (χ0) is 28.0. The van der Waals surface area contributed by atoms with E-state index in [9.17, 15) is 19.5 Å². The first-order valence-corrected chi connectivity index (χ1v) is 13.4. The van der Waals surface area contributed by atoms with Crippen LogP contribution in [0.25, 0.3) is 0 Å². The molecule has 2 heterocycles. The molecule has 2 aliphatic heterocycles. The molecule has 0 aromatic rings. The molecule has 0 aliphatic carbocycles.